The van der Waals surface area contributed by atoms with Gasteiger partial charge >= 0.3 is 6.09 Å². The Morgan fingerprint density at radius 2 is 1.87 bits per heavy atom. The van der Waals surface area contributed by atoms with Crippen molar-refractivity contribution in [2.24, 2.45) is 0 Å². The lowest BCUT2D eigenvalue weighted by Crippen LogP contribution is -2.35. The van der Waals surface area contributed by atoms with Crippen LogP contribution in [0.5, 0.6) is 0 Å². The number of thiophene rings is 1. The van der Waals surface area contributed by atoms with Gasteiger partial charge in [0.15, 0.2) is 0 Å². The van der Waals surface area contributed by atoms with Crippen LogP contribution in [-0.4, -0.2) is 44.5 Å². The molecule has 0 radical (unpaired) electrons. The van der Waals surface area contributed by atoms with E-state index in [0.29, 0.717) is 23.5 Å². The Bertz CT molecular complexity index is 1060. The van der Waals surface area contributed by atoms with Gasteiger partial charge in [-0.05, 0) is 51.8 Å². The second kappa shape index (κ2) is 9.00. The number of carbonyl (C=O) groups excluding carboxylic acids is 2. The van der Waals surface area contributed by atoms with Crippen LogP contribution in [0, 0.1) is 0 Å². The molecule has 2 aromatic rings. The zero-order valence-electron chi connectivity index (χ0n) is 18.3. The molecule has 1 aliphatic rings. The molecule has 2 heterocycles. The van der Waals surface area contributed by atoms with E-state index in [1.807, 2.05) is 0 Å². The van der Waals surface area contributed by atoms with Gasteiger partial charge in [0.2, 0.25) is 15.7 Å². The predicted molar refractivity (Wildman–Crippen MR) is 120 cm³/mol. The van der Waals surface area contributed by atoms with Crippen LogP contribution in [0.3, 0.4) is 0 Å². The van der Waals surface area contributed by atoms with Crippen molar-refractivity contribution in [1.82, 2.24) is 4.90 Å². The highest BCUT2D eigenvalue weighted by Gasteiger charge is 2.31. The highest BCUT2D eigenvalue weighted by atomic mass is 32.2. The van der Waals surface area contributed by atoms with Crippen molar-refractivity contribution in [3.8, 4) is 0 Å². The molecule has 2 amide bonds. The zero-order chi connectivity index (χ0) is 22.8. The number of hydrogen-bond acceptors (Lipinski definition) is 6. The van der Waals surface area contributed by atoms with Crippen LogP contribution in [0.15, 0.2) is 45.5 Å². The Labute approximate surface area is 187 Å². The van der Waals surface area contributed by atoms with Crippen LogP contribution in [0.2, 0.25) is 0 Å². The third-order valence-corrected chi connectivity index (χ3v) is 8.14. The SMILES string of the molecule is CN(Cc1cc(N2CCCCC2=O)c(S(=O)(=O)c2ccccc2)s1)C(=O)OC(C)(C)C. The molecule has 1 saturated heterocycles. The van der Waals surface area contributed by atoms with Gasteiger partial charge in [0.1, 0.15) is 9.81 Å². The molecule has 0 aliphatic carbocycles. The Balaban J connectivity index is 1.98. The molecular weight excluding hydrogens is 436 g/mol. The van der Waals surface area contributed by atoms with Gasteiger partial charge in [-0.3, -0.25) is 4.79 Å². The summed E-state index contributed by atoms with van der Waals surface area (Å²) in [5.74, 6) is -0.0828. The summed E-state index contributed by atoms with van der Waals surface area (Å²) in [6.45, 7) is 6.02. The Hall–Kier alpha value is -2.39. The molecule has 0 unspecified atom stereocenters. The first kappa shape index (κ1) is 23.3. The molecule has 7 nitrogen and oxygen atoms in total. The minimum Gasteiger partial charge on any atom is -0.444 e. The van der Waals surface area contributed by atoms with Crippen LogP contribution in [-0.2, 0) is 25.9 Å². The summed E-state index contributed by atoms with van der Waals surface area (Å²) in [5.41, 5.74) is -0.236. The quantitative estimate of drug-likeness (QED) is 0.652. The van der Waals surface area contributed by atoms with Crippen molar-refractivity contribution < 1.29 is 22.7 Å². The first-order chi connectivity index (χ1) is 14.5. The summed E-state index contributed by atoms with van der Waals surface area (Å²) in [4.78, 5) is 28.7. The van der Waals surface area contributed by atoms with Gasteiger partial charge in [0, 0.05) is 24.9 Å². The van der Waals surface area contributed by atoms with E-state index in [2.05, 4.69) is 0 Å². The largest absolute Gasteiger partial charge is 0.444 e. The Morgan fingerprint density at radius 1 is 1.19 bits per heavy atom. The molecule has 0 N–H and O–H groups in total. The number of amides is 2. The maximum atomic E-state index is 13.4. The number of ether oxygens (including phenoxy) is 1. The zero-order valence-corrected chi connectivity index (χ0v) is 19.9. The van der Waals surface area contributed by atoms with Crippen LogP contribution in [0.4, 0.5) is 10.5 Å². The van der Waals surface area contributed by atoms with E-state index >= 15 is 0 Å². The molecule has 0 atom stereocenters. The van der Waals surface area contributed by atoms with Gasteiger partial charge in [-0.1, -0.05) is 18.2 Å². The van der Waals surface area contributed by atoms with E-state index in [0.717, 1.165) is 24.2 Å². The summed E-state index contributed by atoms with van der Waals surface area (Å²) in [7, 11) is -2.21. The molecule has 1 aliphatic heterocycles. The van der Waals surface area contributed by atoms with Crippen LogP contribution < -0.4 is 4.90 Å². The molecule has 1 aromatic heterocycles. The van der Waals surface area contributed by atoms with E-state index in [4.69, 9.17) is 4.74 Å². The average Bonchev–Trinajstić information content (AvgIpc) is 3.12. The van der Waals surface area contributed by atoms with Crippen LogP contribution >= 0.6 is 11.3 Å². The number of nitrogens with zero attached hydrogens (tertiary/aromatic N) is 2. The minimum atomic E-state index is -3.82. The normalized spacial score (nSPS) is 15.1. The topological polar surface area (TPSA) is 84.0 Å². The number of hydrogen-bond donors (Lipinski definition) is 0. The van der Waals surface area contributed by atoms with E-state index in [1.54, 1.807) is 69.1 Å². The monoisotopic (exact) mass is 464 g/mol. The summed E-state index contributed by atoms with van der Waals surface area (Å²) in [6.07, 6.45) is 1.52. The van der Waals surface area contributed by atoms with E-state index in [9.17, 15) is 18.0 Å². The molecule has 0 spiro atoms. The summed E-state index contributed by atoms with van der Waals surface area (Å²) >= 11 is 1.09. The smallest absolute Gasteiger partial charge is 0.410 e. The Morgan fingerprint density at radius 3 is 2.48 bits per heavy atom. The lowest BCUT2D eigenvalue weighted by atomic mass is 10.1. The fourth-order valence-electron chi connectivity index (χ4n) is 3.28. The second-order valence-corrected chi connectivity index (χ2v) is 11.8. The molecule has 1 aromatic carbocycles. The van der Waals surface area contributed by atoms with Crippen molar-refractivity contribution in [2.45, 2.75) is 61.3 Å². The maximum absolute atomic E-state index is 13.4. The molecule has 0 bridgehead atoms. The van der Waals surface area contributed by atoms with Crippen molar-refractivity contribution in [3.63, 3.8) is 0 Å². The highest BCUT2D eigenvalue weighted by Crippen LogP contribution is 2.39. The van der Waals surface area contributed by atoms with E-state index < -0.39 is 21.5 Å². The number of carbonyl (C=O) groups is 2. The van der Waals surface area contributed by atoms with E-state index in [-0.39, 0.29) is 21.6 Å². The molecule has 31 heavy (non-hydrogen) atoms. The molecule has 0 saturated carbocycles. The van der Waals surface area contributed by atoms with Crippen molar-refractivity contribution >= 4 is 38.9 Å². The fourth-order valence-corrected chi connectivity index (χ4v) is 6.44. The number of benzene rings is 1. The number of piperidine rings is 1. The second-order valence-electron chi connectivity index (χ2n) is 8.54. The van der Waals surface area contributed by atoms with Crippen molar-refractivity contribution in [1.29, 1.82) is 0 Å². The van der Waals surface area contributed by atoms with Crippen molar-refractivity contribution in [3.05, 3.63) is 41.3 Å². The van der Waals surface area contributed by atoms with E-state index in [1.165, 1.54) is 4.90 Å². The summed E-state index contributed by atoms with van der Waals surface area (Å²) in [6, 6.07) is 9.90. The summed E-state index contributed by atoms with van der Waals surface area (Å²) in [5, 5.41) is 0. The minimum absolute atomic E-state index is 0.0828. The third kappa shape index (κ3) is 5.46. The maximum Gasteiger partial charge on any atom is 0.410 e. The average molecular weight is 465 g/mol. The summed E-state index contributed by atoms with van der Waals surface area (Å²) < 4.78 is 32.3. The van der Waals surface area contributed by atoms with Gasteiger partial charge in [-0.15, -0.1) is 11.3 Å². The predicted octanol–water partition coefficient (Wildman–Crippen LogP) is 4.46. The molecule has 168 valence electrons. The lowest BCUT2D eigenvalue weighted by Gasteiger charge is -2.26. The van der Waals surface area contributed by atoms with Crippen molar-refractivity contribution in [2.75, 3.05) is 18.5 Å². The molecular formula is C22H28N2O5S2. The van der Waals surface area contributed by atoms with Gasteiger partial charge in [-0.2, -0.15) is 0 Å². The van der Waals surface area contributed by atoms with Gasteiger partial charge in [0.25, 0.3) is 0 Å². The number of sulfone groups is 1. The lowest BCUT2D eigenvalue weighted by molar-refractivity contribution is -0.119. The number of rotatable bonds is 5. The Kier molecular flexibility index (Phi) is 6.76. The van der Waals surface area contributed by atoms with Gasteiger partial charge < -0.3 is 14.5 Å². The number of anilines is 1. The highest BCUT2D eigenvalue weighted by molar-refractivity contribution is 7.93. The first-order valence-corrected chi connectivity index (χ1v) is 12.5. The fraction of sp³-hybridized carbons (Fsp3) is 0.455. The van der Waals surface area contributed by atoms with Crippen LogP contribution in [0.1, 0.15) is 44.9 Å². The molecule has 3 rings (SSSR count). The third-order valence-electron chi connectivity index (χ3n) is 4.74. The molecule has 1 fully saturated rings. The molecule has 9 heteroatoms. The van der Waals surface area contributed by atoms with Gasteiger partial charge in [0.05, 0.1) is 17.1 Å². The standard InChI is InChI=1S/C22H28N2O5S2/c1-22(2,3)29-21(26)23(4)15-16-14-18(24-13-9-8-12-19(24)25)20(30-16)31(27,28)17-10-6-5-7-11-17/h5-7,10-11,14H,8-9,12-13,15H2,1-4H3. The first-order valence-electron chi connectivity index (χ1n) is 10.2. The van der Waals surface area contributed by atoms with Crippen LogP contribution in [0.25, 0.3) is 0 Å². The van der Waals surface area contributed by atoms with Gasteiger partial charge in [-0.25, -0.2) is 13.2 Å².